The van der Waals surface area contributed by atoms with Crippen molar-refractivity contribution in [2.24, 2.45) is 0 Å². The predicted molar refractivity (Wildman–Crippen MR) is 58.2 cm³/mol. The van der Waals surface area contributed by atoms with E-state index in [1.807, 2.05) is 6.92 Å². The Morgan fingerprint density at radius 3 is 2.64 bits per heavy atom. The summed E-state index contributed by atoms with van der Waals surface area (Å²) in [5, 5.41) is 3.34. The van der Waals surface area contributed by atoms with Crippen molar-refractivity contribution in [1.29, 1.82) is 0 Å². The van der Waals surface area contributed by atoms with Gasteiger partial charge in [0.25, 0.3) is 0 Å². The van der Waals surface area contributed by atoms with Crippen LogP contribution < -0.4 is 5.32 Å². The molecule has 0 aliphatic carbocycles. The Bertz CT molecular complexity index is 277. The molecule has 5 heteroatoms. The largest absolute Gasteiger partial charge is 0.309 e. The Labute approximate surface area is 86.6 Å². The molecule has 84 valence electrons. The predicted octanol–water partition coefficient (Wildman–Crippen LogP) is -0.287. The van der Waals surface area contributed by atoms with Gasteiger partial charge in [-0.15, -0.1) is 0 Å². The lowest BCUT2D eigenvalue weighted by Crippen LogP contribution is -2.41. The zero-order valence-electron chi connectivity index (χ0n) is 9.16. The van der Waals surface area contributed by atoms with Gasteiger partial charge in [0.05, 0.1) is 5.75 Å². The highest BCUT2D eigenvalue weighted by Gasteiger charge is 2.21. The number of rotatable bonds is 4. The van der Waals surface area contributed by atoms with Crippen LogP contribution in [0.2, 0.25) is 0 Å². The minimum absolute atomic E-state index is 0.0569. The van der Waals surface area contributed by atoms with Crippen LogP contribution in [-0.2, 0) is 9.84 Å². The van der Waals surface area contributed by atoms with Crippen LogP contribution >= 0.6 is 0 Å². The summed E-state index contributed by atoms with van der Waals surface area (Å²) in [5.74, 6) is 0.229. The average molecular weight is 220 g/mol. The summed E-state index contributed by atoms with van der Waals surface area (Å²) >= 11 is 0. The van der Waals surface area contributed by atoms with Gasteiger partial charge in [-0.05, 0) is 26.9 Å². The molecule has 1 N–H and O–H groups in total. The second kappa shape index (κ2) is 4.59. The number of nitrogens with zero attached hydrogens (tertiary/aromatic N) is 1. The van der Waals surface area contributed by atoms with Crippen LogP contribution in [0.5, 0.6) is 0 Å². The number of likely N-dealkylation sites (N-methyl/N-ethyl adjacent to an activating group) is 1. The molecule has 1 heterocycles. The standard InChI is InChI=1S/C9H20N2O2S/c1-8(7-14(3,12)13)10-9-4-5-11(2)6-9/h8-10H,4-7H2,1-3H3. The lowest BCUT2D eigenvalue weighted by molar-refractivity contribution is 0.389. The SMILES string of the molecule is CC(CS(C)(=O)=O)NC1CCN(C)C1. The van der Waals surface area contributed by atoms with Gasteiger partial charge in [-0.2, -0.15) is 0 Å². The highest BCUT2D eigenvalue weighted by atomic mass is 32.2. The van der Waals surface area contributed by atoms with Crippen LogP contribution in [0, 0.1) is 0 Å². The Hall–Kier alpha value is -0.130. The average Bonchev–Trinajstić information content (AvgIpc) is 2.30. The highest BCUT2D eigenvalue weighted by molar-refractivity contribution is 7.90. The van der Waals surface area contributed by atoms with E-state index < -0.39 is 9.84 Å². The van der Waals surface area contributed by atoms with Gasteiger partial charge in [0.1, 0.15) is 9.84 Å². The second-order valence-corrected chi connectivity index (χ2v) is 6.59. The number of hydrogen-bond donors (Lipinski definition) is 1. The van der Waals surface area contributed by atoms with Crippen molar-refractivity contribution in [2.45, 2.75) is 25.4 Å². The minimum atomic E-state index is -2.85. The molecule has 2 atom stereocenters. The van der Waals surface area contributed by atoms with Crippen LogP contribution in [0.25, 0.3) is 0 Å². The van der Waals surface area contributed by atoms with Gasteiger partial charge >= 0.3 is 0 Å². The summed E-state index contributed by atoms with van der Waals surface area (Å²) in [4.78, 5) is 2.25. The lowest BCUT2D eigenvalue weighted by atomic mass is 10.2. The Balaban J connectivity index is 2.31. The van der Waals surface area contributed by atoms with Gasteiger partial charge < -0.3 is 10.2 Å². The molecule has 1 rings (SSSR count). The maximum absolute atomic E-state index is 11.0. The fraction of sp³-hybridized carbons (Fsp3) is 1.00. The molecule has 14 heavy (non-hydrogen) atoms. The molecule has 0 bridgehead atoms. The van der Waals surface area contributed by atoms with E-state index in [0.717, 1.165) is 19.5 Å². The molecule has 1 aliphatic rings. The Morgan fingerprint density at radius 1 is 1.57 bits per heavy atom. The van der Waals surface area contributed by atoms with E-state index in [1.54, 1.807) is 0 Å². The third-order valence-electron chi connectivity index (χ3n) is 2.46. The molecule has 0 aromatic heterocycles. The van der Waals surface area contributed by atoms with E-state index in [0.29, 0.717) is 6.04 Å². The van der Waals surface area contributed by atoms with E-state index in [-0.39, 0.29) is 11.8 Å². The van der Waals surface area contributed by atoms with E-state index in [2.05, 4.69) is 17.3 Å². The normalized spacial score (nSPS) is 26.6. The van der Waals surface area contributed by atoms with Crippen molar-refractivity contribution in [1.82, 2.24) is 10.2 Å². The first-order chi connectivity index (χ1) is 6.37. The third-order valence-corrected chi connectivity index (χ3v) is 3.57. The van der Waals surface area contributed by atoms with Crippen LogP contribution in [-0.4, -0.2) is 57.5 Å². The van der Waals surface area contributed by atoms with Crippen molar-refractivity contribution in [3.05, 3.63) is 0 Å². The first kappa shape index (κ1) is 11.9. The monoisotopic (exact) mass is 220 g/mol. The molecule has 0 radical (unpaired) electrons. The van der Waals surface area contributed by atoms with Crippen molar-refractivity contribution < 1.29 is 8.42 Å². The van der Waals surface area contributed by atoms with E-state index in [4.69, 9.17) is 0 Å². The van der Waals surface area contributed by atoms with Gasteiger partial charge in [0.2, 0.25) is 0 Å². The van der Waals surface area contributed by atoms with Gasteiger partial charge in [-0.1, -0.05) is 0 Å². The zero-order chi connectivity index (χ0) is 10.8. The van der Waals surface area contributed by atoms with Crippen molar-refractivity contribution in [3.63, 3.8) is 0 Å². The minimum Gasteiger partial charge on any atom is -0.309 e. The molecule has 0 saturated carbocycles. The Morgan fingerprint density at radius 2 is 2.21 bits per heavy atom. The first-order valence-electron chi connectivity index (χ1n) is 4.99. The summed E-state index contributed by atoms with van der Waals surface area (Å²) in [6.07, 6.45) is 2.40. The van der Waals surface area contributed by atoms with Crippen LogP contribution in [0.15, 0.2) is 0 Å². The maximum Gasteiger partial charge on any atom is 0.148 e. The zero-order valence-corrected chi connectivity index (χ0v) is 9.97. The van der Waals surface area contributed by atoms with Gasteiger partial charge in [-0.3, -0.25) is 0 Å². The molecule has 1 saturated heterocycles. The fourth-order valence-electron chi connectivity index (χ4n) is 1.98. The first-order valence-corrected chi connectivity index (χ1v) is 7.05. The summed E-state index contributed by atoms with van der Waals surface area (Å²) in [6, 6.07) is 0.512. The van der Waals surface area contributed by atoms with Crippen LogP contribution in [0.3, 0.4) is 0 Å². The Kier molecular flexibility index (Phi) is 3.92. The summed E-state index contributed by atoms with van der Waals surface area (Å²) in [5.41, 5.74) is 0. The molecule has 1 fully saturated rings. The number of sulfone groups is 1. The number of hydrogen-bond acceptors (Lipinski definition) is 4. The number of nitrogens with one attached hydrogen (secondary N) is 1. The molecule has 2 unspecified atom stereocenters. The molecular weight excluding hydrogens is 200 g/mol. The van der Waals surface area contributed by atoms with E-state index in [9.17, 15) is 8.42 Å². The molecular formula is C9H20N2O2S. The highest BCUT2D eigenvalue weighted by Crippen LogP contribution is 2.07. The van der Waals surface area contributed by atoms with E-state index in [1.165, 1.54) is 6.26 Å². The van der Waals surface area contributed by atoms with Gasteiger partial charge in [0.15, 0.2) is 0 Å². The topological polar surface area (TPSA) is 49.4 Å². The van der Waals surface area contributed by atoms with E-state index >= 15 is 0 Å². The van der Waals surface area contributed by atoms with Gasteiger partial charge in [-0.25, -0.2) is 8.42 Å². The maximum atomic E-state index is 11.0. The third kappa shape index (κ3) is 4.39. The molecule has 4 nitrogen and oxygen atoms in total. The summed E-state index contributed by atoms with van der Waals surface area (Å²) < 4.78 is 22.1. The van der Waals surface area contributed by atoms with Crippen molar-refractivity contribution in [3.8, 4) is 0 Å². The molecule has 0 amide bonds. The molecule has 0 aromatic carbocycles. The quantitative estimate of drug-likeness (QED) is 0.707. The number of likely N-dealkylation sites (tertiary alicyclic amines) is 1. The summed E-state index contributed by atoms with van der Waals surface area (Å²) in [7, 11) is -0.768. The van der Waals surface area contributed by atoms with Gasteiger partial charge in [0, 0.05) is 24.9 Å². The molecule has 0 aromatic rings. The lowest BCUT2D eigenvalue weighted by Gasteiger charge is -2.18. The van der Waals surface area contributed by atoms with Crippen LogP contribution in [0.4, 0.5) is 0 Å². The second-order valence-electron chi connectivity index (χ2n) is 4.41. The smallest absolute Gasteiger partial charge is 0.148 e. The summed E-state index contributed by atoms with van der Waals surface area (Å²) in [6.45, 7) is 4.05. The van der Waals surface area contributed by atoms with Crippen molar-refractivity contribution in [2.75, 3.05) is 32.1 Å². The van der Waals surface area contributed by atoms with Crippen molar-refractivity contribution >= 4 is 9.84 Å². The molecule has 0 spiro atoms. The fourth-order valence-corrected chi connectivity index (χ4v) is 2.98. The molecule has 1 aliphatic heterocycles. The van der Waals surface area contributed by atoms with Crippen LogP contribution in [0.1, 0.15) is 13.3 Å².